The van der Waals surface area contributed by atoms with Gasteiger partial charge in [-0.2, -0.15) is 0 Å². The van der Waals surface area contributed by atoms with E-state index >= 15 is 0 Å². The van der Waals surface area contributed by atoms with Gasteiger partial charge in [0.2, 0.25) is 0 Å². The summed E-state index contributed by atoms with van der Waals surface area (Å²) < 4.78 is 2.79. The highest BCUT2D eigenvalue weighted by Gasteiger charge is 2.29. The lowest BCUT2D eigenvalue weighted by atomic mass is 10.1. The van der Waals surface area contributed by atoms with Crippen molar-refractivity contribution in [3.63, 3.8) is 0 Å². The summed E-state index contributed by atoms with van der Waals surface area (Å²) in [6.07, 6.45) is 2.80. The van der Waals surface area contributed by atoms with Gasteiger partial charge in [-0.25, -0.2) is 0 Å². The summed E-state index contributed by atoms with van der Waals surface area (Å²) >= 11 is 3.38. The second-order valence-corrected chi connectivity index (χ2v) is 5.75. The average molecular weight is 329 g/mol. The summed E-state index contributed by atoms with van der Waals surface area (Å²) in [4.78, 5) is 24.9. The third-order valence-electron chi connectivity index (χ3n) is 3.46. The maximum absolute atomic E-state index is 12.4. The number of aryl methyl sites for hydroxylation is 1. The molecule has 1 unspecified atom stereocenters. The molecule has 0 bridgehead atoms. The molecule has 2 heterocycles. The van der Waals surface area contributed by atoms with Crippen LogP contribution in [0.5, 0.6) is 0 Å². The van der Waals surface area contributed by atoms with Crippen LogP contribution in [-0.4, -0.2) is 39.5 Å². The van der Waals surface area contributed by atoms with Crippen molar-refractivity contribution in [1.82, 2.24) is 9.47 Å². The molecule has 5 nitrogen and oxygen atoms in total. The molecule has 104 valence electrons. The Morgan fingerprint density at radius 3 is 2.89 bits per heavy atom. The van der Waals surface area contributed by atoms with E-state index in [4.69, 9.17) is 5.11 Å². The van der Waals surface area contributed by atoms with Gasteiger partial charge >= 0.3 is 5.97 Å². The number of carboxylic acid groups (broad SMARTS) is 1. The number of carbonyl (C=O) groups is 2. The summed E-state index contributed by atoms with van der Waals surface area (Å²) in [5, 5.41) is 8.79. The van der Waals surface area contributed by atoms with Gasteiger partial charge < -0.3 is 14.6 Å². The van der Waals surface area contributed by atoms with Gasteiger partial charge in [0.25, 0.3) is 5.91 Å². The molecule has 0 spiro atoms. The summed E-state index contributed by atoms with van der Waals surface area (Å²) in [6, 6.07) is 1.82. The third kappa shape index (κ3) is 3.18. The van der Waals surface area contributed by atoms with Gasteiger partial charge in [0.05, 0.1) is 0 Å². The van der Waals surface area contributed by atoms with Gasteiger partial charge in [-0.15, -0.1) is 0 Å². The predicted octanol–water partition coefficient (Wildman–Crippen LogP) is 2.21. The van der Waals surface area contributed by atoms with Crippen molar-refractivity contribution in [2.75, 3.05) is 13.1 Å². The standard InChI is InChI=1S/C13H17BrN2O3/c1-2-15-8-10(14)6-11(15)13(19)16-4-3-9(7-16)5-12(17)18/h6,8-9H,2-5,7H2,1H3,(H,17,18). The Kier molecular flexibility index (Phi) is 4.29. The molecule has 1 N–H and O–H groups in total. The molecule has 1 aromatic rings. The summed E-state index contributed by atoms with van der Waals surface area (Å²) in [5.41, 5.74) is 0.658. The van der Waals surface area contributed by atoms with Crippen LogP contribution in [0.4, 0.5) is 0 Å². The van der Waals surface area contributed by atoms with Crippen LogP contribution in [0.25, 0.3) is 0 Å². The Hall–Kier alpha value is -1.30. The van der Waals surface area contributed by atoms with Gasteiger partial charge in [0.1, 0.15) is 5.69 Å². The molecule has 0 aliphatic carbocycles. The van der Waals surface area contributed by atoms with E-state index in [1.807, 2.05) is 23.8 Å². The van der Waals surface area contributed by atoms with Crippen LogP contribution in [0, 0.1) is 5.92 Å². The lowest BCUT2D eigenvalue weighted by molar-refractivity contribution is -0.138. The van der Waals surface area contributed by atoms with Crippen LogP contribution in [0.15, 0.2) is 16.7 Å². The number of hydrogen-bond acceptors (Lipinski definition) is 2. The lowest BCUT2D eigenvalue weighted by Crippen LogP contribution is -2.30. The van der Waals surface area contributed by atoms with E-state index in [1.165, 1.54) is 0 Å². The molecule has 1 amide bonds. The fourth-order valence-corrected chi connectivity index (χ4v) is 2.97. The van der Waals surface area contributed by atoms with Crippen molar-refractivity contribution in [3.05, 3.63) is 22.4 Å². The summed E-state index contributed by atoms with van der Waals surface area (Å²) in [6.45, 7) is 3.90. The number of hydrogen-bond donors (Lipinski definition) is 1. The Morgan fingerprint density at radius 2 is 2.26 bits per heavy atom. The number of halogens is 1. The Labute approximate surface area is 120 Å². The Morgan fingerprint density at radius 1 is 1.53 bits per heavy atom. The van der Waals surface area contributed by atoms with Crippen molar-refractivity contribution in [3.8, 4) is 0 Å². The van der Waals surface area contributed by atoms with Crippen molar-refractivity contribution in [2.45, 2.75) is 26.3 Å². The number of rotatable bonds is 4. The van der Waals surface area contributed by atoms with Crippen molar-refractivity contribution in [2.24, 2.45) is 5.92 Å². The molecule has 19 heavy (non-hydrogen) atoms. The number of carbonyl (C=O) groups excluding carboxylic acids is 1. The molecule has 1 saturated heterocycles. The van der Waals surface area contributed by atoms with E-state index in [0.29, 0.717) is 18.8 Å². The molecule has 1 aliphatic heterocycles. The van der Waals surface area contributed by atoms with Crippen molar-refractivity contribution in [1.29, 1.82) is 0 Å². The fraction of sp³-hybridized carbons (Fsp3) is 0.538. The summed E-state index contributed by atoms with van der Waals surface area (Å²) in [7, 11) is 0. The average Bonchev–Trinajstić information content (AvgIpc) is 2.94. The van der Waals surface area contributed by atoms with Crippen molar-refractivity contribution >= 4 is 27.8 Å². The predicted molar refractivity (Wildman–Crippen MR) is 74.1 cm³/mol. The first-order valence-electron chi connectivity index (χ1n) is 6.38. The zero-order chi connectivity index (χ0) is 14.0. The quantitative estimate of drug-likeness (QED) is 0.921. The minimum absolute atomic E-state index is 0.0135. The number of aromatic nitrogens is 1. The molecule has 0 saturated carbocycles. The topological polar surface area (TPSA) is 62.5 Å². The minimum atomic E-state index is -0.793. The van der Waals surface area contributed by atoms with E-state index < -0.39 is 5.97 Å². The monoisotopic (exact) mass is 328 g/mol. The zero-order valence-corrected chi connectivity index (χ0v) is 12.4. The second-order valence-electron chi connectivity index (χ2n) is 4.83. The first-order valence-corrected chi connectivity index (χ1v) is 7.17. The smallest absolute Gasteiger partial charge is 0.303 e. The maximum atomic E-state index is 12.4. The molecule has 6 heteroatoms. The summed E-state index contributed by atoms with van der Waals surface area (Å²) in [5.74, 6) is -0.727. The molecule has 0 aromatic carbocycles. The molecular formula is C13H17BrN2O3. The molecular weight excluding hydrogens is 312 g/mol. The first kappa shape index (κ1) is 14.1. The van der Waals surface area contributed by atoms with E-state index in [0.717, 1.165) is 17.4 Å². The number of carboxylic acids is 1. The van der Waals surface area contributed by atoms with Crippen LogP contribution in [0.1, 0.15) is 30.3 Å². The normalized spacial score (nSPS) is 18.8. The molecule has 0 radical (unpaired) electrons. The van der Waals surface area contributed by atoms with Crippen LogP contribution < -0.4 is 0 Å². The third-order valence-corrected chi connectivity index (χ3v) is 3.89. The van der Waals surface area contributed by atoms with Crippen LogP contribution >= 0.6 is 15.9 Å². The van der Waals surface area contributed by atoms with E-state index in [2.05, 4.69) is 15.9 Å². The number of likely N-dealkylation sites (tertiary alicyclic amines) is 1. The zero-order valence-electron chi connectivity index (χ0n) is 10.8. The van der Waals surface area contributed by atoms with Gasteiger partial charge in [0.15, 0.2) is 0 Å². The molecule has 1 fully saturated rings. The Balaban J connectivity index is 2.06. The fourth-order valence-electron chi connectivity index (χ4n) is 2.51. The largest absolute Gasteiger partial charge is 0.481 e. The highest BCUT2D eigenvalue weighted by atomic mass is 79.9. The number of amides is 1. The van der Waals surface area contributed by atoms with E-state index in [9.17, 15) is 9.59 Å². The van der Waals surface area contributed by atoms with E-state index in [1.54, 1.807) is 4.90 Å². The van der Waals surface area contributed by atoms with E-state index in [-0.39, 0.29) is 18.2 Å². The molecule has 1 aromatic heterocycles. The Bertz CT molecular complexity index is 498. The van der Waals surface area contributed by atoms with Crippen LogP contribution in [0.2, 0.25) is 0 Å². The number of nitrogens with zero attached hydrogens (tertiary/aromatic N) is 2. The van der Waals surface area contributed by atoms with Gasteiger partial charge in [0, 0.05) is 36.7 Å². The lowest BCUT2D eigenvalue weighted by Gasteiger charge is -2.17. The van der Waals surface area contributed by atoms with Crippen molar-refractivity contribution < 1.29 is 14.7 Å². The first-order chi connectivity index (χ1) is 9.01. The second kappa shape index (κ2) is 5.77. The maximum Gasteiger partial charge on any atom is 0.303 e. The number of aliphatic carboxylic acids is 1. The van der Waals surface area contributed by atoms with Crippen LogP contribution in [0.3, 0.4) is 0 Å². The molecule has 2 rings (SSSR count). The highest BCUT2D eigenvalue weighted by molar-refractivity contribution is 9.10. The van der Waals surface area contributed by atoms with Crippen LogP contribution in [-0.2, 0) is 11.3 Å². The SMILES string of the molecule is CCn1cc(Br)cc1C(=O)N1CCC(CC(=O)O)C1. The van der Waals surface area contributed by atoms with Gasteiger partial charge in [-0.1, -0.05) is 0 Å². The molecule has 1 atom stereocenters. The molecule has 1 aliphatic rings. The minimum Gasteiger partial charge on any atom is -0.481 e. The van der Waals surface area contributed by atoms with Gasteiger partial charge in [-0.3, -0.25) is 9.59 Å². The van der Waals surface area contributed by atoms with Gasteiger partial charge in [-0.05, 0) is 41.3 Å². The highest BCUT2D eigenvalue weighted by Crippen LogP contribution is 2.23.